The largest absolute Gasteiger partial charge is 0.502 e. The molecule has 0 saturated carbocycles. The lowest BCUT2D eigenvalue weighted by Gasteiger charge is -2.07. The second-order valence-electron chi connectivity index (χ2n) is 3.30. The highest BCUT2D eigenvalue weighted by molar-refractivity contribution is 5.55. The highest BCUT2D eigenvalue weighted by Crippen LogP contribution is 2.34. The molecule has 1 rings (SSSR count). The van der Waals surface area contributed by atoms with Gasteiger partial charge in [0.05, 0.1) is 18.1 Å². The lowest BCUT2D eigenvalue weighted by atomic mass is 10.1. The predicted molar refractivity (Wildman–Crippen MR) is 58.7 cm³/mol. The standard InChI is InChI=1S/C10H14N2O4/c1-16-8-5-7(3-2-4-11)10(13)9(6-8)12(14)15/h5-6,13H,2-4,11H2,1H3. The van der Waals surface area contributed by atoms with Crippen molar-refractivity contribution in [1.82, 2.24) is 0 Å². The van der Waals surface area contributed by atoms with Crippen LogP contribution in [-0.4, -0.2) is 23.7 Å². The summed E-state index contributed by atoms with van der Waals surface area (Å²) in [6.07, 6.45) is 1.14. The van der Waals surface area contributed by atoms with Gasteiger partial charge in [-0.25, -0.2) is 0 Å². The zero-order chi connectivity index (χ0) is 12.1. The van der Waals surface area contributed by atoms with E-state index >= 15 is 0 Å². The van der Waals surface area contributed by atoms with Gasteiger partial charge in [-0.2, -0.15) is 0 Å². The molecule has 0 spiro atoms. The molecule has 1 aromatic rings. The number of ether oxygens (including phenoxy) is 1. The molecule has 0 aliphatic heterocycles. The highest BCUT2D eigenvalue weighted by atomic mass is 16.6. The van der Waals surface area contributed by atoms with Crippen LogP contribution in [-0.2, 0) is 6.42 Å². The number of nitro groups is 1. The van der Waals surface area contributed by atoms with Crippen LogP contribution in [0.3, 0.4) is 0 Å². The molecule has 0 bridgehead atoms. The minimum Gasteiger partial charge on any atom is -0.502 e. The first-order chi connectivity index (χ1) is 7.60. The van der Waals surface area contributed by atoms with Gasteiger partial charge in [0.2, 0.25) is 0 Å². The van der Waals surface area contributed by atoms with Crippen molar-refractivity contribution in [2.45, 2.75) is 12.8 Å². The van der Waals surface area contributed by atoms with Gasteiger partial charge in [0.25, 0.3) is 0 Å². The van der Waals surface area contributed by atoms with Crippen molar-refractivity contribution in [3.8, 4) is 11.5 Å². The summed E-state index contributed by atoms with van der Waals surface area (Å²) in [6, 6.07) is 2.78. The van der Waals surface area contributed by atoms with Crippen molar-refractivity contribution in [2.75, 3.05) is 13.7 Å². The molecule has 3 N–H and O–H groups in total. The van der Waals surface area contributed by atoms with Crippen LogP contribution in [0.25, 0.3) is 0 Å². The Bertz CT molecular complexity index is 393. The van der Waals surface area contributed by atoms with E-state index in [2.05, 4.69) is 0 Å². The molecular formula is C10H14N2O4. The number of nitrogens with zero attached hydrogens (tertiary/aromatic N) is 1. The topological polar surface area (TPSA) is 98.6 Å². The Kier molecular flexibility index (Phi) is 4.07. The maximum Gasteiger partial charge on any atom is 0.314 e. The van der Waals surface area contributed by atoms with E-state index < -0.39 is 4.92 Å². The number of aryl methyl sites for hydroxylation is 1. The number of nitro benzene ring substituents is 1. The van der Waals surface area contributed by atoms with E-state index in [-0.39, 0.29) is 11.4 Å². The van der Waals surface area contributed by atoms with Gasteiger partial charge >= 0.3 is 5.69 Å². The maximum atomic E-state index is 10.7. The zero-order valence-electron chi connectivity index (χ0n) is 8.97. The zero-order valence-corrected chi connectivity index (χ0v) is 8.97. The molecule has 0 aliphatic rings. The minimum atomic E-state index is -0.635. The molecule has 1 aromatic carbocycles. The van der Waals surface area contributed by atoms with Crippen LogP contribution in [0.5, 0.6) is 11.5 Å². The van der Waals surface area contributed by atoms with Crippen LogP contribution in [0.15, 0.2) is 12.1 Å². The number of hydrogen-bond donors (Lipinski definition) is 2. The van der Waals surface area contributed by atoms with Crippen molar-refractivity contribution >= 4 is 5.69 Å². The summed E-state index contributed by atoms with van der Waals surface area (Å²) >= 11 is 0. The molecule has 16 heavy (non-hydrogen) atoms. The molecule has 88 valence electrons. The van der Waals surface area contributed by atoms with Gasteiger partial charge in [-0.05, 0) is 25.5 Å². The van der Waals surface area contributed by atoms with E-state index in [0.717, 1.165) is 0 Å². The lowest BCUT2D eigenvalue weighted by molar-refractivity contribution is -0.386. The normalized spacial score (nSPS) is 10.1. The Morgan fingerprint density at radius 2 is 2.25 bits per heavy atom. The van der Waals surface area contributed by atoms with Crippen LogP contribution in [0.4, 0.5) is 5.69 Å². The second-order valence-corrected chi connectivity index (χ2v) is 3.30. The number of phenolic OH excluding ortho intramolecular Hbond substituents is 1. The van der Waals surface area contributed by atoms with Crippen molar-refractivity contribution in [3.05, 3.63) is 27.8 Å². The summed E-state index contributed by atoms with van der Waals surface area (Å²) in [5.74, 6) is 0.0516. The monoisotopic (exact) mass is 226 g/mol. The summed E-state index contributed by atoms with van der Waals surface area (Å²) < 4.78 is 4.93. The Hall–Kier alpha value is -1.82. The Balaban J connectivity index is 3.15. The third-order valence-electron chi connectivity index (χ3n) is 2.22. The quantitative estimate of drug-likeness (QED) is 0.580. The van der Waals surface area contributed by atoms with Gasteiger partial charge < -0.3 is 15.6 Å². The van der Waals surface area contributed by atoms with E-state index in [1.54, 1.807) is 6.07 Å². The van der Waals surface area contributed by atoms with Crippen LogP contribution >= 0.6 is 0 Å². The smallest absolute Gasteiger partial charge is 0.314 e. The first-order valence-electron chi connectivity index (χ1n) is 4.84. The van der Waals surface area contributed by atoms with Gasteiger partial charge in [-0.15, -0.1) is 0 Å². The maximum absolute atomic E-state index is 10.7. The fourth-order valence-corrected chi connectivity index (χ4v) is 1.39. The molecule has 0 radical (unpaired) electrons. The number of rotatable bonds is 5. The Labute approximate surface area is 92.8 Å². The molecule has 0 aromatic heterocycles. The van der Waals surface area contributed by atoms with Crippen LogP contribution < -0.4 is 10.5 Å². The van der Waals surface area contributed by atoms with Gasteiger partial charge in [0, 0.05) is 5.56 Å². The molecular weight excluding hydrogens is 212 g/mol. The third-order valence-corrected chi connectivity index (χ3v) is 2.22. The summed E-state index contributed by atoms with van der Waals surface area (Å²) in [5, 5.41) is 20.3. The molecule has 0 aliphatic carbocycles. The van der Waals surface area contributed by atoms with Crippen molar-refractivity contribution in [2.24, 2.45) is 5.73 Å². The van der Waals surface area contributed by atoms with E-state index in [1.807, 2.05) is 0 Å². The highest BCUT2D eigenvalue weighted by Gasteiger charge is 2.18. The third kappa shape index (κ3) is 2.60. The van der Waals surface area contributed by atoms with E-state index in [1.165, 1.54) is 13.2 Å². The number of hydrogen-bond acceptors (Lipinski definition) is 5. The van der Waals surface area contributed by atoms with E-state index in [9.17, 15) is 15.2 Å². The first-order valence-corrected chi connectivity index (χ1v) is 4.84. The van der Waals surface area contributed by atoms with E-state index in [4.69, 9.17) is 10.5 Å². The first kappa shape index (κ1) is 12.3. The molecule has 0 heterocycles. The summed E-state index contributed by atoms with van der Waals surface area (Å²) in [6.45, 7) is 0.463. The average molecular weight is 226 g/mol. The summed E-state index contributed by atoms with van der Waals surface area (Å²) in [5.41, 5.74) is 5.49. The number of methoxy groups -OCH3 is 1. The van der Waals surface area contributed by atoms with Crippen molar-refractivity contribution in [1.29, 1.82) is 0 Å². The minimum absolute atomic E-state index is 0.306. The van der Waals surface area contributed by atoms with E-state index in [0.29, 0.717) is 30.7 Å². The average Bonchev–Trinajstić information content (AvgIpc) is 2.27. The summed E-state index contributed by atoms with van der Waals surface area (Å²) in [7, 11) is 1.42. The van der Waals surface area contributed by atoms with Gasteiger partial charge in [0.15, 0.2) is 5.75 Å². The fraction of sp³-hybridized carbons (Fsp3) is 0.400. The molecule has 0 saturated heterocycles. The molecule has 6 heteroatoms. The van der Waals surface area contributed by atoms with Crippen LogP contribution in [0, 0.1) is 10.1 Å². The van der Waals surface area contributed by atoms with Gasteiger partial charge in [0.1, 0.15) is 5.75 Å². The van der Waals surface area contributed by atoms with Gasteiger partial charge in [-0.1, -0.05) is 0 Å². The number of nitrogens with two attached hydrogens (primary N) is 1. The molecule has 0 atom stereocenters. The Morgan fingerprint density at radius 3 is 2.75 bits per heavy atom. The Morgan fingerprint density at radius 1 is 1.56 bits per heavy atom. The number of benzene rings is 1. The molecule has 6 nitrogen and oxygen atoms in total. The second kappa shape index (κ2) is 5.32. The van der Waals surface area contributed by atoms with Crippen molar-refractivity contribution in [3.63, 3.8) is 0 Å². The van der Waals surface area contributed by atoms with Crippen molar-refractivity contribution < 1.29 is 14.8 Å². The molecule has 0 amide bonds. The number of phenols is 1. The molecule has 0 unspecified atom stereocenters. The van der Waals surface area contributed by atoms with Gasteiger partial charge in [-0.3, -0.25) is 10.1 Å². The number of aromatic hydroxyl groups is 1. The lowest BCUT2D eigenvalue weighted by Crippen LogP contribution is -2.01. The van der Waals surface area contributed by atoms with Crippen LogP contribution in [0.1, 0.15) is 12.0 Å². The molecule has 0 fully saturated rings. The predicted octanol–water partition coefficient (Wildman–Crippen LogP) is 1.20. The SMILES string of the molecule is COc1cc(CCCN)c(O)c([N+](=O)[O-])c1. The van der Waals surface area contributed by atoms with Crippen LogP contribution in [0.2, 0.25) is 0 Å². The fourth-order valence-electron chi connectivity index (χ4n) is 1.39. The summed E-state index contributed by atoms with van der Waals surface area (Å²) in [4.78, 5) is 10.0.